The largest absolute Gasteiger partial charge is 0.416 e. The molecule has 0 spiro atoms. The van der Waals surface area contributed by atoms with Crippen molar-refractivity contribution in [1.82, 2.24) is 9.55 Å². The molecule has 2 nitrogen and oxygen atoms in total. The van der Waals surface area contributed by atoms with Gasteiger partial charge in [0.25, 0.3) is 0 Å². The van der Waals surface area contributed by atoms with Gasteiger partial charge in [0.1, 0.15) is 0 Å². The van der Waals surface area contributed by atoms with Crippen LogP contribution in [-0.4, -0.2) is 9.55 Å². The van der Waals surface area contributed by atoms with E-state index in [4.69, 9.17) is 23.8 Å². The Morgan fingerprint density at radius 1 is 1.04 bits per heavy atom. The number of H-pyrrole nitrogens is 1. The van der Waals surface area contributed by atoms with E-state index in [1.165, 1.54) is 10.6 Å². The number of benzene rings is 2. The summed E-state index contributed by atoms with van der Waals surface area (Å²) in [5, 5.41) is 0.602. The number of aromatic nitrogens is 2. The van der Waals surface area contributed by atoms with Crippen molar-refractivity contribution in [3.05, 3.63) is 70.1 Å². The molecule has 0 aliphatic carbocycles. The minimum Gasteiger partial charge on any atom is -0.330 e. The average Bonchev–Trinajstić information content (AvgIpc) is 2.89. The maximum atomic E-state index is 12.8. The molecule has 0 amide bonds. The predicted octanol–water partition coefficient (Wildman–Crippen LogP) is 5.87. The maximum absolute atomic E-state index is 12.8. The molecule has 1 heterocycles. The Bertz CT molecular complexity index is 895. The molecule has 0 saturated carbocycles. The van der Waals surface area contributed by atoms with E-state index in [9.17, 15) is 13.2 Å². The highest BCUT2D eigenvalue weighted by Gasteiger charge is 2.30. The number of rotatable bonds is 2. The Labute approximate surface area is 140 Å². The molecule has 0 aliphatic rings. The molecule has 0 bridgehead atoms. The Balaban J connectivity index is 2.05. The lowest BCUT2D eigenvalue weighted by molar-refractivity contribution is -0.137. The van der Waals surface area contributed by atoms with Gasteiger partial charge in [0.15, 0.2) is 4.77 Å². The first kappa shape index (κ1) is 15.8. The molecule has 2 aromatic carbocycles. The van der Waals surface area contributed by atoms with Gasteiger partial charge in [-0.3, -0.25) is 4.57 Å². The van der Waals surface area contributed by atoms with Gasteiger partial charge in [0, 0.05) is 16.9 Å². The van der Waals surface area contributed by atoms with Gasteiger partial charge >= 0.3 is 6.18 Å². The lowest BCUT2D eigenvalue weighted by Gasteiger charge is -2.09. The zero-order valence-electron chi connectivity index (χ0n) is 11.6. The molecule has 7 heteroatoms. The molecular formula is C16H10ClF3N2S. The number of halogens is 4. The third-order valence-electron chi connectivity index (χ3n) is 3.33. The monoisotopic (exact) mass is 354 g/mol. The molecule has 0 saturated heterocycles. The van der Waals surface area contributed by atoms with Crippen molar-refractivity contribution in [2.45, 2.75) is 6.18 Å². The van der Waals surface area contributed by atoms with Crippen molar-refractivity contribution >= 4 is 23.8 Å². The third-order valence-corrected chi connectivity index (χ3v) is 3.88. The normalized spacial score (nSPS) is 11.7. The van der Waals surface area contributed by atoms with E-state index in [2.05, 4.69) is 4.98 Å². The second-order valence-electron chi connectivity index (χ2n) is 4.90. The van der Waals surface area contributed by atoms with Crippen LogP contribution in [0.1, 0.15) is 5.56 Å². The molecule has 0 atom stereocenters. The van der Waals surface area contributed by atoms with Crippen LogP contribution in [0, 0.1) is 4.77 Å². The molecule has 0 radical (unpaired) electrons. The number of hydrogen-bond acceptors (Lipinski definition) is 1. The van der Waals surface area contributed by atoms with Crippen molar-refractivity contribution in [1.29, 1.82) is 0 Å². The third kappa shape index (κ3) is 3.33. The van der Waals surface area contributed by atoms with Gasteiger partial charge < -0.3 is 4.98 Å². The summed E-state index contributed by atoms with van der Waals surface area (Å²) in [7, 11) is 0. The van der Waals surface area contributed by atoms with Crippen LogP contribution >= 0.6 is 23.8 Å². The van der Waals surface area contributed by atoms with Crippen LogP contribution in [0.25, 0.3) is 16.9 Å². The fourth-order valence-electron chi connectivity index (χ4n) is 2.20. The molecule has 118 valence electrons. The summed E-state index contributed by atoms with van der Waals surface area (Å²) in [5.74, 6) is 0. The average molecular weight is 355 g/mol. The van der Waals surface area contributed by atoms with E-state index in [0.717, 1.165) is 17.7 Å². The van der Waals surface area contributed by atoms with E-state index < -0.39 is 11.7 Å². The van der Waals surface area contributed by atoms with Crippen LogP contribution in [0.4, 0.5) is 13.2 Å². The molecule has 3 aromatic rings. The lowest BCUT2D eigenvalue weighted by atomic mass is 10.2. The summed E-state index contributed by atoms with van der Waals surface area (Å²) in [6.45, 7) is 0. The van der Waals surface area contributed by atoms with Crippen LogP contribution in [0.15, 0.2) is 54.7 Å². The first-order valence-electron chi connectivity index (χ1n) is 6.60. The summed E-state index contributed by atoms with van der Waals surface area (Å²) >= 11 is 11.1. The molecule has 23 heavy (non-hydrogen) atoms. The maximum Gasteiger partial charge on any atom is 0.416 e. The second-order valence-corrected chi connectivity index (χ2v) is 5.72. The van der Waals surface area contributed by atoms with E-state index in [1.54, 1.807) is 36.5 Å². The number of aromatic amines is 1. The quantitative estimate of drug-likeness (QED) is 0.570. The molecule has 1 aromatic heterocycles. The van der Waals surface area contributed by atoms with Crippen molar-refractivity contribution in [2.75, 3.05) is 0 Å². The van der Waals surface area contributed by atoms with Crippen LogP contribution in [0.2, 0.25) is 5.02 Å². The van der Waals surface area contributed by atoms with Gasteiger partial charge in [0.2, 0.25) is 0 Å². The number of alkyl halides is 3. The first-order valence-corrected chi connectivity index (χ1v) is 7.38. The Morgan fingerprint density at radius 2 is 1.74 bits per heavy atom. The highest BCUT2D eigenvalue weighted by atomic mass is 35.5. The van der Waals surface area contributed by atoms with E-state index in [1.807, 2.05) is 0 Å². The van der Waals surface area contributed by atoms with Gasteiger partial charge in [-0.05, 0) is 48.1 Å². The van der Waals surface area contributed by atoms with Gasteiger partial charge in [-0.2, -0.15) is 13.2 Å². The standard InChI is InChI=1S/C16H10ClF3N2S/c17-12-6-4-10(5-7-12)14-9-22(15(23)21-14)13-3-1-2-11(8-13)16(18,19)20/h1-9H,(H,21,23). The van der Waals surface area contributed by atoms with Gasteiger partial charge in [-0.25, -0.2) is 0 Å². The summed E-state index contributed by atoms with van der Waals surface area (Å²) in [6.07, 6.45) is -2.73. The van der Waals surface area contributed by atoms with Gasteiger partial charge in [0.05, 0.1) is 11.3 Å². The van der Waals surface area contributed by atoms with Gasteiger partial charge in [-0.15, -0.1) is 0 Å². The summed E-state index contributed by atoms with van der Waals surface area (Å²) in [4.78, 5) is 2.99. The smallest absolute Gasteiger partial charge is 0.330 e. The molecule has 0 fully saturated rings. The number of hydrogen-bond donors (Lipinski definition) is 1. The van der Waals surface area contributed by atoms with Crippen LogP contribution in [-0.2, 0) is 6.18 Å². The Hall–Kier alpha value is -2.05. The topological polar surface area (TPSA) is 20.7 Å². The SMILES string of the molecule is FC(F)(F)c1cccc(-n2cc(-c3ccc(Cl)cc3)[nH]c2=S)c1. The van der Waals surface area contributed by atoms with Crippen LogP contribution in [0.3, 0.4) is 0 Å². The zero-order valence-corrected chi connectivity index (χ0v) is 13.1. The fourth-order valence-corrected chi connectivity index (χ4v) is 2.59. The molecule has 1 N–H and O–H groups in total. The highest BCUT2D eigenvalue weighted by Crippen LogP contribution is 2.31. The van der Waals surface area contributed by atoms with Crippen LogP contribution < -0.4 is 0 Å². The lowest BCUT2D eigenvalue weighted by Crippen LogP contribution is -2.05. The predicted molar refractivity (Wildman–Crippen MR) is 86.4 cm³/mol. The number of nitrogens with zero attached hydrogens (tertiary/aromatic N) is 1. The Morgan fingerprint density at radius 3 is 2.39 bits per heavy atom. The van der Waals surface area contributed by atoms with Crippen molar-refractivity contribution in [2.24, 2.45) is 0 Å². The summed E-state index contributed by atoms with van der Waals surface area (Å²) < 4.78 is 40.3. The summed E-state index contributed by atoms with van der Waals surface area (Å²) in [5.41, 5.74) is 1.17. The molecule has 3 rings (SSSR count). The van der Waals surface area contributed by atoms with E-state index in [-0.39, 0.29) is 0 Å². The number of nitrogens with one attached hydrogen (secondary N) is 1. The second kappa shape index (κ2) is 5.86. The minimum absolute atomic E-state index is 0.314. The van der Waals surface area contributed by atoms with Crippen molar-refractivity contribution < 1.29 is 13.2 Å². The molecule has 0 unspecified atom stereocenters. The molecule has 0 aliphatic heterocycles. The summed E-state index contributed by atoms with van der Waals surface area (Å²) in [6, 6.07) is 12.1. The minimum atomic E-state index is -4.40. The molecular weight excluding hydrogens is 345 g/mol. The fraction of sp³-hybridized carbons (Fsp3) is 0.0625. The van der Waals surface area contributed by atoms with E-state index in [0.29, 0.717) is 21.2 Å². The van der Waals surface area contributed by atoms with Gasteiger partial charge in [-0.1, -0.05) is 29.8 Å². The zero-order chi connectivity index (χ0) is 16.6. The van der Waals surface area contributed by atoms with Crippen molar-refractivity contribution in [3.8, 4) is 16.9 Å². The Kier molecular flexibility index (Phi) is 4.04. The first-order chi connectivity index (χ1) is 10.8. The van der Waals surface area contributed by atoms with Crippen molar-refractivity contribution in [3.63, 3.8) is 0 Å². The number of imidazole rings is 1. The highest BCUT2D eigenvalue weighted by molar-refractivity contribution is 7.71. The van der Waals surface area contributed by atoms with Crippen LogP contribution in [0.5, 0.6) is 0 Å². The van der Waals surface area contributed by atoms with E-state index >= 15 is 0 Å².